The molecule has 0 aliphatic carbocycles. The molecule has 5 nitrogen and oxygen atoms in total. The molecule has 2 aromatic carbocycles. The Labute approximate surface area is 156 Å². The molecule has 27 heavy (non-hydrogen) atoms. The van der Waals surface area contributed by atoms with E-state index in [1.165, 1.54) is 22.9 Å². The highest BCUT2D eigenvalue weighted by molar-refractivity contribution is 5.78. The predicted molar refractivity (Wildman–Crippen MR) is 102 cm³/mol. The molecular formula is C21H20FN3O2. The molecule has 0 aliphatic rings. The van der Waals surface area contributed by atoms with Gasteiger partial charge in [-0.3, -0.25) is 9.59 Å². The van der Waals surface area contributed by atoms with Crippen molar-refractivity contribution in [3.63, 3.8) is 0 Å². The Morgan fingerprint density at radius 2 is 1.74 bits per heavy atom. The van der Waals surface area contributed by atoms with E-state index in [4.69, 9.17) is 0 Å². The molecule has 1 heterocycles. The Bertz CT molecular complexity index is 953. The van der Waals surface area contributed by atoms with Crippen LogP contribution in [0.2, 0.25) is 0 Å². The number of hydrogen-bond donors (Lipinski definition) is 1. The minimum absolute atomic E-state index is 0.139. The Hall–Kier alpha value is -3.28. The zero-order valence-corrected chi connectivity index (χ0v) is 14.8. The fourth-order valence-electron chi connectivity index (χ4n) is 2.68. The van der Waals surface area contributed by atoms with E-state index in [-0.39, 0.29) is 23.7 Å². The monoisotopic (exact) mass is 365 g/mol. The van der Waals surface area contributed by atoms with E-state index in [2.05, 4.69) is 10.4 Å². The van der Waals surface area contributed by atoms with Crippen LogP contribution in [0.3, 0.4) is 0 Å². The standard InChI is InChI=1S/C21H20FN3O2/c22-18-9-7-16(8-10-18)15-20(26)23-13-4-14-25-21(27)12-11-19(24-25)17-5-2-1-3-6-17/h1-3,5-12H,4,13-15H2,(H,23,26). The second-order valence-corrected chi connectivity index (χ2v) is 6.15. The number of aromatic nitrogens is 2. The van der Waals surface area contributed by atoms with Crippen molar-refractivity contribution in [2.45, 2.75) is 19.4 Å². The van der Waals surface area contributed by atoms with E-state index in [9.17, 15) is 14.0 Å². The predicted octanol–water partition coefficient (Wildman–Crippen LogP) is 2.80. The molecule has 1 amide bonds. The van der Waals surface area contributed by atoms with E-state index in [0.717, 1.165) is 16.8 Å². The lowest BCUT2D eigenvalue weighted by Crippen LogP contribution is -2.29. The molecule has 0 atom stereocenters. The third-order valence-corrected chi connectivity index (χ3v) is 4.08. The fraction of sp³-hybridized carbons (Fsp3) is 0.190. The lowest BCUT2D eigenvalue weighted by molar-refractivity contribution is -0.120. The number of nitrogens with zero attached hydrogens (tertiary/aromatic N) is 2. The third-order valence-electron chi connectivity index (χ3n) is 4.08. The van der Waals surface area contributed by atoms with E-state index in [0.29, 0.717) is 19.5 Å². The summed E-state index contributed by atoms with van der Waals surface area (Å²) in [6.07, 6.45) is 0.780. The number of rotatable bonds is 7. The molecular weight excluding hydrogens is 345 g/mol. The zero-order valence-electron chi connectivity index (χ0n) is 14.8. The molecule has 3 rings (SSSR count). The molecule has 138 valence electrons. The number of carbonyl (C=O) groups is 1. The van der Waals surface area contributed by atoms with Gasteiger partial charge in [0, 0.05) is 24.7 Å². The Balaban J connectivity index is 1.51. The second-order valence-electron chi connectivity index (χ2n) is 6.15. The number of hydrogen-bond acceptors (Lipinski definition) is 3. The van der Waals surface area contributed by atoms with E-state index >= 15 is 0 Å². The summed E-state index contributed by atoms with van der Waals surface area (Å²) >= 11 is 0. The van der Waals surface area contributed by atoms with E-state index in [1.807, 2.05) is 30.3 Å². The molecule has 6 heteroatoms. The first-order valence-corrected chi connectivity index (χ1v) is 8.76. The second kappa shape index (κ2) is 8.89. The van der Waals surface area contributed by atoms with Gasteiger partial charge in [0.05, 0.1) is 12.1 Å². The lowest BCUT2D eigenvalue weighted by atomic mass is 10.1. The van der Waals surface area contributed by atoms with Crippen molar-refractivity contribution in [3.05, 3.63) is 88.5 Å². The van der Waals surface area contributed by atoms with Gasteiger partial charge in [-0.1, -0.05) is 42.5 Å². The van der Waals surface area contributed by atoms with Crippen LogP contribution >= 0.6 is 0 Å². The normalized spacial score (nSPS) is 10.6. The summed E-state index contributed by atoms with van der Waals surface area (Å²) in [5.74, 6) is -0.463. The average molecular weight is 365 g/mol. The number of benzene rings is 2. The zero-order chi connectivity index (χ0) is 19.1. The Morgan fingerprint density at radius 3 is 2.48 bits per heavy atom. The van der Waals surface area contributed by atoms with Crippen molar-refractivity contribution in [2.24, 2.45) is 0 Å². The minimum atomic E-state index is -0.324. The first-order chi connectivity index (χ1) is 13.1. The van der Waals surface area contributed by atoms with Gasteiger partial charge in [-0.15, -0.1) is 0 Å². The van der Waals surface area contributed by atoms with Gasteiger partial charge >= 0.3 is 0 Å². The molecule has 1 aromatic heterocycles. The van der Waals surface area contributed by atoms with Crippen LogP contribution < -0.4 is 10.9 Å². The molecule has 1 N–H and O–H groups in total. The van der Waals surface area contributed by atoms with Crippen LogP contribution in [0.1, 0.15) is 12.0 Å². The lowest BCUT2D eigenvalue weighted by Gasteiger charge is -2.08. The van der Waals surface area contributed by atoms with E-state index in [1.54, 1.807) is 18.2 Å². The number of nitrogens with one attached hydrogen (secondary N) is 1. The number of halogens is 1. The summed E-state index contributed by atoms with van der Waals surface area (Å²) in [6.45, 7) is 0.847. The van der Waals surface area contributed by atoms with Crippen molar-refractivity contribution in [1.82, 2.24) is 15.1 Å². The number of carbonyl (C=O) groups excluding carboxylic acids is 1. The van der Waals surface area contributed by atoms with Crippen LogP contribution in [0.5, 0.6) is 0 Å². The van der Waals surface area contributed by atoms with Gasteiger partial charge in [0.2, 0.25) is 5.91 Å². The minimum Gasteiger partial charge on any atom is -0.356 e. The van der Waals surface area contributed by atoms with Gasteiger partial charge in [0.15, 0.2) is 0 Å². The molecule has 0 bridgehead atoms. The van der Waals surface area contributed by atoms with E-state index < -0.39 is 0 Å². The van der Waals surface area contributed by atoms with Crippen molar-refractivity contribution in [2.75, 3.05) is 6.54 Å². The van der Waals surface area contributed by atoms with Crippen LogP contribution in [-0.2, 0) is 17.8 Å². The van der Waals surface area contributed by atoms with Crippen molar-refractivity contribution in [1.29, 1.82) is 0 Å². The summed E-state index contributed by atoms with van der Waals surface area (Å²) in [4.78, 5) is 23.9. The topological polar surface area (TPSA) is 64.0 Å². The fourth-order valence-corrected chi connectivity index (χ4v) is 2.68. The van der Waals surface area contributed by atoms with Crippen molar-refractivity contribution < 1.29 is 9.18 Å². The van der Waals surface area contributed by atoms with Crippen LogP contribution in [0.4, 0.5) is 4.39 Å². The Kier molecular flexibility index (Phi) is 6.10. The summed E-state index contributed by atoms with van der Waals surface area (Å²) in [5, 5.41) is 7.20. The van der Waals surface area contributed by atoms with Crippen molar-refractivity contribution >= 4 is 5.91 Å². The summed E-state index contributed by atoms with van der Waals surface area (Å²) in [6, 6.07) is 18.7. The maximum absolute atomic E-state index is 12.9. The maximum atomic E-state index is 12.9. The van der Waals surface area contributed by atoms with Gasteiger partial charge in [0.25, 0.3) is 5.56 Å². The van der Waals surface area contributed by atoms with Gasteiger partial charge in [0.1, 0.15) is 5.82 Å². The molecule has 0 saturated heterocycles. The Morgan fingerprint density at radius 1 is 1.00 bits per heavy atom. The van der Waals surface area contributed by atoms with Gasteiger partial charge in [-0.25, -0.2) is 9.07 Å². The van der Waals surface area contributed by atoms with Crippen LogP contribution in [0.25, 0.3) is 11.3 Å². The largest absolute Gasteiger partial charge is 0.356 e. The van der Waals surface area contributed by atoms with Gasteiger partial charge in [-0.05, 0) is 30.2 Å². The molecule has 0 fully saturated rings. The van der Waals surface area contributed by atoms with Gasteiger partial charge in [-0.2, -0.15) is 5.10 Å². The molecule has 0 radical (unpaired) electrons. The molecule has 0 spiro atoms. The van der Waals surface area contributed by atoms with Gasteiger partial charge < -0.3 is 5.32 Å². The summed E-state index contributed by atoms with van der Waals surface area (Å²) in [7, 11) is 0. The average Bonchev–Trinajstić information content (AvgIpc) is 2.69. The number of amides is 1. The van der Waals surface area contributed by atoms with Crippen molar-refractivity contribution in [3.8, 4) is 11.3 Å². The molecule has 0 aliphatic heterocycles. The highest BCUT2D eigenvalue weighted by Gasteiger charge is 2.05. The SMILES string of the molecule is O=C(Cc1ccc(F)cc1)NCCCn1nc(-c2ccccc2)ccc1=O. The van der Waals surface area contributed by atoms with Crippen LogP contribution in [0, 0.1) is 5.82 Å². The van der Waals surface area contributed by atoms with Crippen LogP contribution in [-0.4, -0.2) is 22.2 Å². The smallest absolute Gasteiger partial charge is 0.266 e. The molecule has 3 aromatic rings. The number of aryl methyl sites for hydroxylation is 1. The molecule has 0 unspecified atom stereocenters. The third kappa shape index (κ3) is 5.34. The highest BCUT2D eigenvalue weighted by Crippen LogP contribution is 2.13. The molecule has 0 saturated carbocycles. The summed E-state index contributed by atoms with van der Waals surface area (Å²) in [5.41, 5.74) is 2.25. The first kappa shape index (κ1) is 18.5. The summed E-state index contributed by atoms with van der Waals surface area (Å²) < 4.78 is 14.3. The quantitative estimate of drug-likeness (QED) is 0.655. The first-order valence-electron chi connectivity index (χ1n) is 8.76. The maximum Gasteiger partial charge on any atom is 0.266 e. The highest BCUT2D eigenvalue weighted by atomic mass is 19.1. The van der Waals surface area contributed by atoms with Crippen LogP contribution in [0.15, 0.2) is 71.5 Å².